The van der Waals surface area contributed by atoms with Gasteiger partial charge in [-0.25, -0.2) is 4.98 Å². The van der Waals surface area contributed by atoms with E-state index in [1.165, 1.54) is 5.57 Å². The van der Waals surface area contributed by atoms with E-state index in [1.54, 1.807) is 0 Å². The molecule has 2 aromatic rings. The lowest BCUT2D eigenvalue weighted by Crippen LogP contribution is -2.34. The van der Waals surface area contributed by atoms with Crippen molar-refractivity contribution in [1.29, 1.82) is 0 Å². The molecule has 1 aliphatic rings. The Morgan fingerprint density at radius 3 is 2.95 bits per heavy atom. The first-order valence-corrected chi connectivity index (χ1v) is 6.92. The zero-order chi connectivity index (χ0) is 14.1. The maximum atomic E-state index is 6.20. The van der Waals surface area contributed by atoms with Crippen LogP contribution >= 0.6 is 11.6 Å². The maximum absolute atomic E-state index is 6.20. The van der Waals surface area contributed by atoms with E-state index in [4.69, 9.17) is 11.6 Å². The molecule has 0 fully saturated rings. The highest BCUT2D eigenvalue weighted by Gasteiger charge is 2.13. The van der Waals surface area contributed by atoms with Gasteiger partial charge in [0.1, 0.15) is 12.0 Å². The van der Waals surface area contributed by atoms with Gasteiger partial charge in [0.2, 0.25) is 0 Å². The predicted molar refractivity (Wildman–Crippen MR) is 84.8 cm³/mol. The predicted octanol–water partition coefficient (Wildman–Crippen LogP) is 4.03. The number of hydrogen-bond acceptors (Lipinski definition) is 3. The second-order valence-electron chi connectivity index (χ2n) is 4.99. The summed E-state index contributed by atoms with van der Waals surface area (Å²) in [6, 6.07) is 9.82. The summed E-state index contributed by atoms with van der Waals surface area (Å²) in [5.41, 5.74) is 2.06. The van der Waals surface area contributed by atoms with Gasteiger partial charge in [-0.3, -0.25) is 0 Å². The Bertz CT molecular complexity index is 706. The van der Waals surface area contributed by atoms with Gasteiger partial charge in [0.15, 0.2) is 0 Å². The van der Waals surface area contributed by atoms with E-state index in [2.05, 4.69) is 40.5 Å². The molecule has 0 spiro atoms. The average molecular weight is 286 g/mol. The molecule has 1 unspecified atom stereocenters. The number of nitrogens with zero attached hydrogens (tertiary/aromatic N) is 2. The number of aromatic nitrogens is 1. The van der Waals surface area contributed by atoms with E-state index in [0.717, 1.165) is 16.7 Å². The largest absolute Gasteiger partial charge is 0.357 e. The van der Waals surface area contributed by atoms with E-state index in [9.17, 15) is 0 Å². The van der Waals surface area contributed by atoms with Crippen molar-refractivity contribution in [2.24, 2.45) is 0 Å². The van der Waals surface area contributed by atoms with Gasteiger partial charge >= 0.3 is 0 Å². The zero-order valence-electron chi connectivity index (χ0n) is 11.5. The van der Waals surface area contributed by atoms with E-state index >= 15 is 0 Å². The second-order valence-corrected chi connectivity index (χ2v) is 5.40. The van der Waals surface area contributed by atoms with Gasteiger partial charge in [-0.15, -0.1) is 0 Å². The Hall–Kier alpha value is -2.00. The third-order valence-corrected chi connectivity index (χ3v) is 3.70. The van der Waals surface area contributed by atoms with Crippen LogP contribution in [-0.2, 0) is 0 Å². The summed E-state index contributed by atoms with van der Waals surface area (Å²) in [6.45, 7) is 2.09. The highest BCUT2D eigenvalue weighted by Crippen LogP contribution is 2.23. The minimum atomic E-state index is 0.104. The van der Waals surface area contributed by atoms with Crippen LogP contribution in [0.2, 0.25) is 5.02 Å². The molecule has 1 atom stereocenters. The van der Waals surface area contributed by atoms with Gasteiger partial charge < -0.3 is 10.2 Å². The van der Waals surface area contributed by atoms with Crippen molar-refractivity contribution in [2.45, 2.75) is 13.1 Å². The quantitative estimate of drug-likeness (QED) is 0.903. The Kier molecular flexibility index (Phi) is 3.36. The lowest BCUT2D eigenvalue weighted by molar-refractivity contribution is 0.409. The third-order valence-electron chi connectivity index (χ3n) is 3.40. The molecule has 1 N–H and O–H groups in total. The molecule has 0 radical (unpaired) electrons. The van der Waals surface area contributed by atoms with Gasteiger partial charge in [0, 0.05) is 18.6 Å². The second kappa shape index (κ2) is 5.17. The lowest BCUT2D eigenvalue weighted by atomic mass is 10.2. The molecule has 20 heavy (non-hydrogen) atoms. The monoisotopic (exact) mass is 285 g/mol. The SMILES string of the molecule is CC1=CC(Nc2ccc3cccc(Cl)c3n2)N(C)C=C1. The van der Waals surface area contributed by atoms with Crippen LogP contribution in [0.15, 0.2) is 54.3 Å². The van der Waals surface area contributed by atoms with Crippen LogP contribution in [0.5, 0.6) is 0 Å². The standard InChI is InChI=1S/C16H16ClN3/c1-11-8-9-20(2)15(10-11)18-14-7-6-12-4-3-5-13(17)16(12)19-14/h3-10,15H,1-2H3,(H,18,19). The number of hydrogen-bond donors (Lipinski definition) is 1. The van der Waals surface area contributed by atoms with Crippen molar-refractivity contribution in [3.63, 3.8) is 0 Å². The molecule has 0 bridgehead atoms. The summed E-state index contributed by atoms with van der Waals surface area (Å²) in [5.74, 6) is 0.821. The van der Waals surface area contributed by atoms with Crippen LogP contribution in [0.1, 0.15) is 6.92 Å². The van der Waals surface area contributed by atoms with Gasteiger partial charge in [-0.2, -0.15) is 0 Å². The Morgan fingerprint density at radius 2 is 2.10 bits per heavy atom. The molecular weight excluding hydrogens is 270 g/mol. The molecule has 1 aliphatic heterocycles. The highest BCUT2D eigenvalue weighted by atomic mass is 35.5. The molecule has 0 saturated heterocycles. The van der Waals surface area contributed by atoms with Gasteiger partial charge in [0.05, 0.1) is 10.5 Å². The molecule has 1 aromatic carbocycles. The van der Waals surface area contributed by atoms with Crippen LogP contribution in [0.4, 0.5) is 5.82 Å². The summed E-state index contributed by atoms with van der Waals surface area (Å²) in [6.07, 6.45) is 6.41. The topological polar surface area (TPSA) is 28.2 Å². The number of para-hydroxylation sites is 1. The molecule has 102 valence electrons. The van der Waals surface area contributed by atoms with Crippen LogP contribution in [0.3, 0.4) is 0 Å². The molecule has 3 rings (SSSR count). The van der Waals surface area contributed by atoms with Crippen molar-refractivity contribution in [2.75, 3.05) is 12.4 Å². The van der Waals surface area contributed by atoms with E-state index in [-0.39, 0.29) is 6.17 Å². The molecule has 3 nitrogen and oxygen atoms in total. The normalized spacial score (nSPS) is 18.2. The van der Waals surface area contributed by atoms with Crippen LogP contribution in [0.25, 0.3) is 10.9 Å². The van der Waals surface area contributed by atoms with Crippen molar-refractivity contribution in [3.8, 4) is 0 Å². The molecule has 2 heterocycles. The highest BCUT2D eigenvalue weighted by molar-refractivity contribution is 6.35. The minimum absolute atomic E-state index is 0.104. The number of benzene rings is 1. The van der Waals surface area contributed by atoms with Crippen LogP contribution in [0, 0.1) is 0 Å². The van der Waals surface area contributed by atoms with E-state index < -0.39 is 0 Å². The molecule has 1 aromatic heterocycles. The van der Waals surface area contributed by atoms with Crippen molar-refractivity contribution in [1.82, 2.24) is 9.88 Å². The number of rotatable bonds is 2. The number of nitrogens with one attached hydrogen (secondary N) is 1. The minimum Gasteiger partial charge on any atom is -0.357 e. The van der Waals surface area contributed by atoms with Crippen molar-refractivity contribution >= 4 is 28.3 Å². The summed E-state index contributed by atoms with van der Waals surface area (Å²) in [5, 5.41) is 5.13. The zero-order valence-corrected chi connectivity index (χ0v) is 12.2. The van der Waals surface area contributed by atoms with Gasteiger partial charge in [-0.1, -0.05) is 23.7 Å². The first-order valence-electron chi connectivity index (χ1n) is 6.54. The Balaban J connectivity index is 1.91. The van der Waals surface area contributed by atoms with Crippen LogP contribution < -0.4 is 5.32 Å². The summed E-state index contributed by atoms with van der Waals surface area (Å²) < 4.78 is 0. The number of likely N-dealkylation sites (N-methyl/N-ethyl adjacent to an activating group) is 1. The number of anilines is 1. The molecular formula is C16H16ClN3. The van der Waals surface area contributed by atoms with E-state index in [0.29, 0.717) is 5.02 Å². The summed E-state index contributed by atoms with van der Waals surface area (Å²) >= 11 is 6.20. The van der Waals surface area contributed by atoms with Gasteiger partial charge in [-0.05, 0) is 42.8 Å². The van der Waals surface area contributed by atoms with Gasteiger partial charge in [0.25, 0.3) is 0 Å². The fraction of sp³-hybridized carbons (Fsp3) is 0.188. The Labute approximate surface area is 123 Å². The average Bonchev–Trinajstić information content (AvgIpc) is 2.44. The number of allylic oxidation sites excluding steroid dienone is 2. The fourth-order valence-electron chi connectivity index (χ4n) is 2.24. The number of halogens is 1. The number of fused-ring (bicyclic) bond motifs is 1. The summed E-state index contributed by atoms with van der Waals surface area (Å²) in [4.78, 5) is 6.71. The van der Waals surface area contributed by atoms with Crippen molar-refractivity contribution < 1.29 is 0 Å². The fourth-order valence-corrected chi connectivity index (χ4v) is 2.46. The molecule has 0 amide bonds. The first kappa shape index (κ1) is 13.0. The van der Waals surface area contributed by atoms with Crippen LogP contribution in [-0.4, -0.2) is 23.1 Å². The lowest BCUT2D eigenvalue weighted by Gasteiger charge is -2.28. The molecule has 0 aliphatic carbocycles. The maximum Gasteiger partial charge on any atom is 0.128 e. The smallest absolute Gasteiger partial charge is 0.128 e. The molecule has 4 heteroatoms. The third kappa shape index (κ3) is 2.49. The Morgan fingerprint density at radius 1 is 1.25 bits per heavy atom. The summed E-state index contributed by atoms with van der Waals surface area (Å²) in [7, 11) is 2.03. The molecule has 0 saturated carbocycles. The number of pyridine rings is 1. The van der Waals surface area contributed by atoms with E-state index in [1.807, 2.05) is 37.4 Å². The van der Waals surface area contributed by atoms with Crippen molar-refractivity contribution in [3.05, 3.63) is 59.3 Å². The first-order chi connectivity index (χ1) is 9.63.